The Bertz CT molecular complexity index is 975. The fraction of sp³-hybridized carbons (Fsp3) is 0.158. The number of urea groups is 1. The Labute approximate surface area is 166 Å². The summed E-state index contributed by atoms with van der Waals surface area (Å²) in [6.07, 6.45) is 1.67. The maximum absolute atomic E-state index is 12.4. The molecule has 0 saturated carbocycles. The van der Waals surface area contributed by atoms with E-state index in [4.69, 9.17) is 4.74 Å². The Morgan fingerprint density at radius 3 is 2.64 bits per heavy atom. The highest BCUT2D eigenvalue weighted by Gasteiger charge is 2.17. The predicted octanol–water partition coefficient (Wildman–Crippen LogP) is 3.43. The fourth-order valence-electron chi connectivity index (χ4n) is 2.41. The molecule has 3 amide bonds. The van der Waals surface area contributed by atoms with Crippen molar-refractivity contribution in [3.8, 4) is 5.75 Å². The molecule has 1 aromatic carbocycles. The van der Waals surface area contributed by atoms with Gasteiger partial charge in [-0.15, -0.1) is 0 Å². The molecular weight excluding hydrogens is 378 g/mol. The van der Waals surface area contributed by atoms with Gasteiger partial charge in [-0.2, -0.15) is 0 Å². The Morgan fingerprint density at radius 2 is 1.89 bits per heavy atom. The molecule has 0 spiro atoms. The van der Waals surface area contributed by atoms with Crippen molar-refractivity contribution in [1.82, 2.24) is 15.3 Å². The van der Waals surface area contributed by atoms with E-state index in [1.807, 2.05) is 24.3 Å². The van der Waals surface area contributed by atoms with E-state index in [0.29, 0.717) is 33.7 Å². The second-order valence-corrected chi connectivity index (χ2v) is 6.72. The lowest BCUT2D eigenvalue weighted by Crippen LogP contribution is -2.23. The number of benzene rings is 1. The average molecular weight is 397 g/mol. The minimum atomic E-state index is -0.473. The first-order valence-electron chi connectivity index (χ1n) is 8.43. The van der Waals surface area contributed by atoms with Gasteiger partial charge in [0.1, 0.15) is 10.6 Å². The summed E-state index contributed by atoms with van der Waals surface area (Å²) >= 11 is 1.10. The lowest BCUT2D eigenvalue weighted by molar-refractivity contribution is 0.0953. The van der Waals surface area contributed by atoms with Crippen molar-refractivity contribution in [1.29, 1.82) is 0 Å². The van der Waals surface area contributed by atoms with E-state index in [9.17, 15) is 9.59 Å². The molecule has 3 rings (SSSR count). The van der Waals surface area contributed by atoms with Crippen molar-refractivity contribution >= 4 is 34.1 Å². The van der Waals surface area contributed by atoms with Gasteiger partial charge in [0.2, 0.25) is 0 Å². The number of amides is 3. The Hall–Kier alpha value is -3.46. The van der Waals surface area contributed by atoms with Crippen LogP contribution in [-0.2, 0) is 6.54 Å². The monoisotopic (exact) mass is 397 g/mol. The van der Waals surface area contributed by atoms with E-state index in [2.05, 4.69) is 25.9 Å². The van der Waals surface area contributed by atoms with Gasteiger partial charge in [0.25, 0.3) is 5.91 Å². The summed E-state index contributed by atoms with van der Waals surface area (Å²) in [5.74, 6) is 0.279. The molecule has 28 heavy (non-hydrogen) atoms. The van der Waals surface area contributed by atoms with Gasteiger partial charge in [-0.3, -0.25) is 15.1 Å². The standard InChI is InChI=1S/C19H19N5O3S/c1-12-16(17(25)21-11-13-7-5-6-10-20-13)28-19(22-12)24-18(26)23-14-8-3-4-9-15(14)27-2/h3-10H,11H2,1-2H3,(H,21,25)(H2,22,23,24,26). The Morgan fingerprint density at radius 1 is 1.11 bits per heavy atom. The number of ether oxygens (including phenoxy) is 1. The molecule has 144 valence electrons. The number of nitrogens with zero attached hydrogens (tertiary/aromatic N) is 2. The zero-order valence-corrected chi connectivity index (χ0v) is 16.2. The number of aryl methyl sites for hydroxylation is 1. The summed E-state index contributed by atoms with van der Waals surface area (Å²) in [4.78, 5) is 33.5. The molecule has 2 aromatic heterocycles. The third-order valence-electron chi connectivity index (χ3n) is 3.73. The molecular formula is C19H19N5O3S. The first-order valence-corrected chi connectivity index (χ1v) is 9.25. The number of nitrogens with one attached hydrogen (secondary N) is 3. The maximum Gasteiger partial charge on any atom is 0.325 e. The second kappa shape index (κ2) is 8.96. The minimum Gasteiger partial charge on any atom is -0.495 e. The number of aromatic nitrogens is 2. The molecule has 3 aromatic rings. The lowest BCUT2D eigenvalue weighted by atomic mass is 10.3. The van der Waals surface area contributed by atoms with Gasteiger partial charge in [-0.25, -0.2) is 9.78 Å². The Balaban J connectivity index is 1.61. The van der Waals surface area contributed by atoms with Gasteiger partial charge >= 0.3 is 6.03 Å². The van der Waals surface area contributed by atoms with E-state index in [1.54, 1.807) is 31.3 Å². The van der Waals surface area contributed by atoms with Crippen molar-refractivity contribution in [3.05, 3.63) is 64.9 Å². The van der Waals surface area contributed by atoms with Gasteiger partial charge in [-0.05, 0) is 31.2 Å². The summed E-state index contributed by atoms with van der Waals surface area (Å²) < 4.78 is 5.20. The minimum absolute atomic E-state index is 0.265. The predicted molar refractivity (Wildman–Crippen MR) is 108 cm³/mol. The first kappa shape index (κ1) is 19.3. The smallest absolute Gasteiger partial charge is 0.325 e. The van der Waals surface area contributed by atoms with Gasteiger partial charge in [0, 0.05) is 6.20 Å². The molecule has 0 atom stereocenters. The van der Waals surface area contributed by atoms with Crippen LogP contribution in [0.2, 0.25) is 0 Å². The molecule has 0 unspecified atom stereocenters. The number of carbonyl (C=O) groups is 2. The molecule has 2 heterocycles. The van der Waals surface area contributed by atoms with Crippen LogP contribution in [0.25, 0.3) is 0 Å². The average Bonchev–Trinajstić information content (AvgIpc) is 3.07. The molecule has 0 fully saturated rings. The number of methoxy groups -OCH3 is 1. The molecule has 0 radical (unpaired) electrons. The van der Waals surface area contributed by atoms with Crippen LogP contribution in [0.3, 0.4) is 0 Å². The number of rotatable bonds is 6. The lowest BCUT2D eigenvalue weighted by Gasteiger charge is -2.09. The van der Waals surface area contributed by atoms with Crippen LogP contribution in [0.15, 0.2) is 48.7 Å². The quantitative estimate of drug-likeness (QED) is 0.591. The number of anilines is 2. The third-order valence-corrected chi connectivity index (χ3v) is 4.81. The second-order valence-electron chi connectivity index (χ2n) is 5.72. The molecule has 0 bridgehead atoms. The van der Waals surface area contributed by atoms with Crippen molar-refractivity contribution in [3.63, 3.8) is 0 Å². The van der Waals surface area contributed by atoms with Crippen LogP contribution in [0.5, 0.6) is 5.75 Å². The summed E-state index contributed by atoms with van der Waals surface area (Å²) in [6, 6.07) is 12.1. The third kappa shape index (κ3) is 4.83. The molecule has 0 saturated heterocycles. The van der Waals surface area contributed by atoms with Crippen LogP contribution in [0.4, 0.5) is 15.6 Å². The van der Waals surface area contributed by atoms with Crippen LogP contribution in [-0.4, -0.2) is 29.0 Å². The van der Waals surface area contributed by atoms with E-state index < -0.39 is 6.03 Å². The number of hydrogen-bond donors (Lipinski definition) is 3. The van der Waals surface area contributed by atoms with Gasteiger partial charge in [0.15, 0.2) is 5.13 Å². The van der Waals surface area contributed by atoms with Gasteiger partial charge < -0.3 is 15.4 Å². The summed E-state index contributed by atoms with van der Waals surface area (Å²) in [6.45, 7) is 2.03. The Kier molecular flexibility index (Phi) is 6.18. The number of para-hydroxylation sites is 2. The molecule has 9 heteroatoms. The highest BCUT2D eigenvalue weighted by atomic mass is 32.1. The van der Waals surface area contributed by atoms with Crippen molar-refractivity contribution in [2.24, 2.45) is 0 Å². The van der Waals surface area contributed by atoms with Gasteiger partial charge in [-0.1, -0.05) is 29.5 Å². The summed E-state index contributed by atoms with van der Waals surface area (Å²) in [5.41, 5.74) is 1.83. The SMILES string of the molecule is COc1ccccc1NC(=O)Nc1nc(C)c(C(=O)NCc2ccccn2)s1. The highest BCUT2D eigenvalue weighted by molar-refractivity contribution is 7.17. The van der Waals surface area contributed by atoms with E-state index >= 15 is 0 Å². The number of thiazole rings is 1. The zero-order chi connectivity index (χ0) is 19.9. The van der Waals surface area contributed by atoms with Crippen molar-refractivity contribution in [2.45, 2.75) is 13.5 Å². The molecule has 8 nitrogen and oxygen atoms in total. The van der Waals surface area contributed by atoms with E-state index in [1.165, 1.54) is 7.11 Å². The molecule has 0 aliphatic carbocycles. The van der Waals surface area contributed by atoms with Crippen molar-refractivity contribution < 1.29 is 14.3 Å². The molecule has 3 N–H and O–H groups in total. The van der Waals surface area contributed by atoms with Crippen LogP contribution < -0.4 is 20.7 Å². The highest BCUT2D eigenvalue weighted by Crippen LogP contribution is 2.25. The van der Waals surface area contributed by atoms with Gasteiger partial charge in [0.05, 0.1) is 30.7 Å². The maximum atomic E-state index is 12.4. The van der Waals surface area contributed by atoms with Crippen LogP contribution >= 0.6 is 11.3 Å². The van der Waals surface area contributed by atoms with E-state index in [-0.39, 0.29) is 5.91 Å². The first-order chi connectivity index (χ1) is 13.6. The zero-order valence-electron chi connectivity index (χ0n) is 15.4. The molecule has 0 aliphatic heterocycles. The summed E-state index contributed by atoms with van der Waals surface area (Å²) in [7, 11) is 1.53. The molecule has 0 aliphatic rings. The normalized spacial score (nSPS) is 10.2. The largest absolute Gasteiger partial charge is 0.495 e. The summed E-state index contributed by atoms with van der Waals surface area (Å²) in [5, 5.41) is 8.47. The number of hydrogen-bond acceptors (Lipinski definition) is 6. The topological polar surface area (TPSA) is 105 Å². The van der Waals surface area contributed by atoms with Crippen molar-refractivity contribution in [2.75, 3.05) is 17.7 Å². The number of carbonyl (C=O) groups excluding carboxylic acids is 2. The van der Waals surface area contributed by atoms with Crippen LogP contribution in [0.1, 0.15) is 21.1 Å². The van der Waals surface area contributed by atoms with E-state index in [0.717, 1.165) is 17.0 Å². The van der Waals surface area contributed by atoms with Crippen LogP contribution in [0, 0.1) is 6.92 Å². The fourth-order valence-corrected chi connectivity index (χ4v) is 3.29. The number of pyridine rings is 1.